The van der Waals surface area contributed by atoms with Crippen LogP contribution in [0.1, 0.15) is 24.5 Å². The van der Waals surface area contributed by atoms with Gasteiger partial charge >= 0.3 is 0 Å². The van der Waals surface area contributed by atoms with E-state index in [1.807, 2.05) is 23.3 Å². The molecule has 2 aromatic rings. The van der Waals surface area contributed by atoms with Crippen LogP contribution < -0.4 is 5.73 Å². The summed E-state index contributed by atoms with van der Waals surface area (Å²) in [5.41, 5.74) is 8.80. The Bertz CT molecular complexity index is 407. The Labute approximate surface area is 92.8 Å². The molecular weight excluding hydrogens is 208 g/mol. The fraction of sp³-hybridized carbons (Fsp3) is 0.400. The molecule has 0 fully saturated rings. The van der Waals surface area contributed by atoms with Crippen molar-refractivity contribution >= 4 is 11.3 Å². The molecule has 80 valence electrons. The predicted octanol–water partition coefficient (Wildman–Crippen LogP) is 1.60. The van der Waals surface area contributed by atoms with E-state index in [0.717, 1.165) is 24.5 Å². The van der Waals surface area contributed by atoms with Crippen molar-refractivity contribution in [2.75, 3.05) is 0 Å². The molecule has 0 aliphatic rings. The van der Waals surface area contributed by atoms with Crippen LogP contribution in [0.5, 0.6) is 0 Å². The van der Waals surface area contributed by atoms with E-state index in [4.69, 9.17) is 5.73 Å². The van der Waals surface area contributed by atoms with E-state index in [0.29, 0.717) is 0 Å². The molecule has 4 nitrogen and oxygen atoms in total. The first-order chi connectivity index (χ1) is 7.31. The van der Waals surface area contributed by atoms with Crippen LogP contribution in [0.2, 0.25) is 0 Å². The highest BCUT2D eigenvalue weighted by Crippen LogP contribution is 2.14. The molecule has 0 aromatic carbocycles. The standard InChI is InChI=1S/C10H14N4S/c1-2-14-4-3-12-10(14)5-8(11)9-6-15-7-13-9/h3-4,6-8H,2,5,11H2,1H3. The summed E-state index contributed by atoms with van der Waals surface area (Å²) < 4.78 is 2.10. The van der Waals surface area contributed by atoms with Crippen LogP contribution in [-0.2, 0) is 13.0 Å². The van der Waals surface area contributed by atoms with Crippen molar-refractivity contribution in [3.05, 3.63) is 34.8 Å². The fourth-order valence-corrected chi connectivity index (χ4v) is 2.14. The van der Waals surface area contributed by atoms with Crippen LogP contribution in [0.3, 0.4) is 0 Å². The molecule has 5 heteroatoms. The van der Waals surface area contributed by atoms with Crippen LogP contribution in [0, 0.1) is 0 Å². The molecule has 0 spiro atoms. The van der Waals surface area contributed by atoms with E-state index in [2.05, 4.69) is 21.5 Å². The van der Waals surface area contributed by atoms with Gasteiger partial charge in [0.25, 0.3) is 0 Å². The Hall–Kier alpha value is -1.20. The van der Waals surface area contributed by atoms with E-state index >= 15 is 0 Å². The summed E-state index contributed by atoms with van der Waals surface area (Å²) in [5, 5.41) is 1.99. The van der Waals surface area contributed by atoms with Gasteiger partial charge in [0.1, 0.15) is 5.82 Å². The summed E-state index contributed by atoms with van der Waals surface area (Å²) in [6.45, 7) is 3.03. The molecule has 0 aliphatic heterocycles. The highest BCUT2D eigenvalue weighted by molar-refractivity contribution is 7.07. The van der Waals surface area contributed by atoms with Gasteiger partial charge in [-0.05, 0) is 6.92 Å². The Kier molecular flexibility index (Phi) is 3.13. The van der Waals surface area contributed by atoms with E-state index < -0.39 is 0 Å². The number of aromatic nitrogens is 3. The largest absolute Gasteiger partial charge is 0.335 e. The molecule has 2 rings (SSSR count). The molecular formula is C10H14N4S. The molecule has 15 heavy (non-hydrogen) atoms. The number of rotatable bonds is 4. The molecule has 1 unspecified atom stereocenters. The lowest BCUT2D eigenvalue weighted by molar-refractivity contribution is 0.620. The van der Waals surface area contributed by atoms with Crippen LogP contribution in [0.25, 0.3) is 0 Å². The minimum atomic E-state index is -0.0519. The number of hydrogen-bond donors (Lipinski definition) is 1. The van der Waals surface area contributed by atoms with Crippen LogP contribution in [-0.4, -0.2) is 14.5 Å². The zero-order valence-corrected chi connectivity index (χ0v) is 9.44. The lowest BCUT2D eigenvalue weighted by Crippen LogP contribution is -2.16. The number of aryl methyl sites for hydroxylation is 1. The van der Waals surface area contributed by atoms with Crippen LogP contribution in [0.4, 0.5) is 0 Å². The monoisotopic (exact) mass is 222 g/mol. The van der Waals surface area contributed by atoms with Crippen molar-refractivity contribution in [3.8, 4) is 0 Å². The highest BCUT2D eigenvalue weighted by atomic mass is 32.1. The molecule has 1 atom stereocenters. The van der Waals surface area contributed by atoms with Crippen molar-refractivity contribution in [1.29, 1.82) is 0 Å². The highest BCUT2D eigenvalue weighted by Gasteiger charge is 2.11. The van der Waals surface area contributed by atoms with Crippen LogP contribution >= 0.6 is 11.3 Å². The Morgan fingerprint density at radius 1 is 1.53 bits per heavy atom. The van der Waals surface area contributed by atoms with Gasteiger partial charge in [-0.1, -0.05) is 0 Å². The van der Waals surface area contributed by atoms with Gasteiger partial charge in [0.05, 0.1) is 17.2 Å². The number of nitrogens with zero attached hydrogens (tertiary/aromatic N) is 3. The van der Waals surface area contributed by atoms with Gasteiger partial charge in [-0.15, -0.1) is 11.3 Å². The second-order valence-electron chi connectivity index (χ2n) is 3.35. The fourth-order valence-electron chi connectivity index (χ4n) is 1.52. The lowest BCUT2D eigenvalue weighted by atomic mass is 10.1. The van der Waals surface area contributed by atoms with Gasteiger partial charge in [-0.2, -0.15) is 0 Å². The van der Waals surface area contributed by atoms with E-state index in [1.165, 1.54) is 0 Å². The Morgan fingerprint density at radius 2 is 2.40 bits per heavy atom. The Balaban J connectivity index is 2.09. The topological polar surface area (TPSA) is 56.7 Å². The van der Waals surface area contributed by atoms with Gasteiger partial charge in [-0.3, -0.25) is 0 Å². The number of thiazole rings is 1. The molecule has 0 amide bonds. The minimum Gasteiger partial charge on any atom is -0.335 e. The lowest BCUT2D eigenvalue weighted by Gasteiger charge is -2.09. The van der Waals surface area contributed by atoms with Crippen molar-refractivity contribution < 1.29 is 0 Å². The predicted molar refractivity (Wildman–Crippen MR) is 60.6 cm³/mol. The molecule has 2 heterocycles. The maximum Gasteiger partial charge on any atom is 0.110 e. The number of hydrogen-bond acceptors (Lipinski definition) is 4. The zero-order valence-electron chi connectivity index (χ0n) is 8.63. The molecule has 0 saturated carbocycles. The molecule has 2 N–H and O–H groups in total. The third-order valence-corrected chi connectivity index (χ3v) is 2.98. The van der Waals surface area contributed by atoms with Crippen molar-refractivity contribution in [1.82, 2.24) is 14.5 Å². The first-order valence-corrected chi connectivity index (χ1v) is 5.89. The van der Waals surface area contributed by atoms with Gasteiger partial charge in [-0.25, -0.2) is 9.97 Å². The average molecular weight is 222 g/mol. The van der Waals surface area contributed by atoms with Gasteiger partial charge in [0.15, 0.2) is 0 Å². The summed E-state index contributed by atoms with van der Waals surface area (Å²) in [6, 6.07) is -0.0519. The quantitative estimate of drug-likeness (QED) is 0.855. The summed E-state index contributed by atoms with van der Waals surface area (Å²) in [7, 11) is 0. The van der Waals surface area contributed by atoms with Crippen molar-refractivity contribution in [2.45, 2.75) is 25.9 Å². The third kappa shape index (κ3) is 2.24. The summed E-state index contributed by atoms with van der Waals surface area (Å²) >= 11 is 1.57. The number of imidazole rings is 1. The maximum atomic E-state index is 6.05. The van der Waals surface area contributed by atoms with E-state index in [1.54, 1.807) is 11.3 Å². The summed E-state index contributed by atoms with van der Waals surface area (Å²) in [5.74, 6) is 1.03. The first-order valence-electron chi connectivity index (χ1n) is 4.95. The average Bonchev–Trinajstić information content (AvgIpc) is 2.87. The summed E-state index contributed by atoms with van der Waals surface area (Å²) in [4.78, 5) is 8.50. The second-order valence-corrected chi connectivity index (χ2v) is 4.07. The zero-order chi connectivity index (χ0) is 10.7. The smallest absolute Gasteiger partial charge is 0.110 e. The molecule has 0 radical (unpaired) electrons. The van der Waals surface area contributed by atoms with Crippen LogP contribution in [0.15, 0.2) is 23.3 Å². The Morgan fingerprint density at radius 3 is 3.07 bits per heavy atom. The summed E-state index contributed by atoms with van der Waals surface area (Å²) in [6.07, 6.45) is 4.53. The molecule has 0 saturated heterocycles. The van der Waals surface area contributed by atoms with Crippen molar-refractivity contribution in [3.63, 3.8) is 0 Å². The normalized spacial score (nSPS) is 12.9. The molecule has 0 bridgehead atoms. The molecule has 2 aromatic heterocycles. The second kappa shape index (κ2) is 4.55. The SMILES string of the molecule is CCn1ccnc1CC(N)c1cscn1. The van der Waals surface area contributed by atoms with E-state index in [9.17, 15) is 0 Å². The van der Waals surface area contributed by atoms with Gasteiger partial charge in [0.2, 0.25) is 0 Å². The third-order valence-electron chi connectivity index (χ3n) is 2.38. The maximum absolute atomic E-state index is 6.05. The van der Waals surface area contributed by atoms with Gasteiger partial charge in [0, 0.05) is 30.7 Å². The van der Waals surface area contributed by atoms with Gasteiger partial charge < -0.3 is 10.3 Å². The van der Waals surface area contributed by atoms with Crippen molar-refractivity contribution in [2.24, 2.45) is 5.73 Å². The first kappa shape index (κ1) is 10.3. The minimum absolute atomic E-state index is 0.0519. The molecule has 0 aliphatic carbocycles. The number of nitrogens with two attached hydrogens (primary N) is 1. The van der Waals surface area contributed by atoms with E-state index in [-0.39, 0.29) is 6.04 Å².